The zero-order valence-electron chi connectivity index (χ0n) is 16.0. The summed E-state index contributed by atoms with van der Waals surface area (Å²) in [6.45, 7) is 5.83. The molecule has 3 aliphatic rings. The van der Waals surface area contributed by atoms with Gasteiger partial charge in [0.25, 0.3) is 5.91 Å². The minimum atomic E-state index is 0.0277. The van der Waals surface area contributed by atoms with Crippen LogP contribution in [0.15, 0.2) is 18.7 Å². The van der Waals surface area contributed by atoms with Gasteiger partial charge in [-0.05, 0) is 45.1 Å². The van der Waals surface area contributed by atoms with Crippen LogP contribution in [0.25, 0.3) is 0 Å². The van der Waals surface area contributed by atoms with Crippen molar-refractivity contribution in [2.45, 2.75) is 38.5 Å². The molecule has 0 N–H and O–H groups in total. The largest absolute Gasteiger partial charge is 0.342 e. The molecule has 7 heteroatoms. The van der Waals surface area contributed by atoms with Gasteiger partial charge in [0.2, 0.25) is 5.91 Å². The standard InChI is InChI=1S/C20H29N5O2/c26-18(24-8-1-2-9-24)13-23-7-3-5-20(14-23)6-4-10-25(15-20)19(27)17-11-21-16-22-12-17/h11-12,16H,1-10,13-15H2. The van der Waals surface area contributed by atoms with E-state index in [4.69, 9.17) is 0 Å². The number of hydrogen-bond acceptors (Lipinski definition) is 5. The fraction of sp³-hybridized carbons (Fsp3) is 0.700. The fourth-order valence-corrected chi connectivity index (χ4v) is 5.01. The quantitative estimate of drug-likeness (QED) is 0.804. The van der Waals surface area contributed by atoms with Gasteiger partial charge in [0.15, 0.2) is 0 Å². The molecule has 3 fully saturated rings. The molecular formula is C20H29N5O2. The molecular weight excluding hydrogens is 342 g/mol. The Labute approximate surface area is 160 Å². The zero-order chi connectivity index (χ0) is 18.7. The Balaban J connectivity index is 1.39. The van der Waals surface area contributed by atoms with Crippen LogP contribution in [0.2, 0.25) is 0 Å². The van der Waals surface area contributed by atoms with Crippen molar-refractivity contribution in [1.82, 2.24) is 24.7 Å². The fourth-order valence-electron chi connectivity index (χ4n) is 5.01. The predicted octanol–water partition coefficient (Wildman–Crippen LogP) is 1.42. The number of piperidine rings is 2. The Hall–Kier alpha value is -2.02. The summed E-state index contributed by atoms with van der Waals surface area (Å²) in [7, 11) is 0. The van der Waals surface area contributed by atoms with Crippen molar-refractivity contribution in [1.29, 1.82) is 0 Å². The molecule has 0 radical (unpaired) electrons. The lowest BCUT2D eigenvalue weighted by Crippen LogP contribution is -2.55. The summed E-state index contributed by atoms with van der Waals surface area (Å²) in [5.41, 5.74) is 0.680. The smallest absolute Gasteiger partial charge is 0.257 e. The molecule has 1 aromatic rings. The number of likely N-dealkylation sites (tertiary alicyclic amines) is 3. The van der Waals surface area contributed by atoms with Gasteiger partial charge in [-0.15, -0.1) is 0 Å². The minimum Gasteiger partial charge on any atom is -0.342 e. The van der Waals surface area contributed by atoms with Crippen molar-refractivity contribution >= 4 is 11.8 Å². The molecule has 1 atom stereocenters. The van der Waals surface area contributed by atoms with E-state index in [1.807, 2.05) is 9.80 Å². The van der Waals surface area contributed by atoms with Crippen molar-refractivity contribution in [3.8, 4) is 0 Å². The van der Waals surface area contributed by atoms with Crippen LogP contribution in [-0.2, 0) is 4.79 Å². The van der Waals surface area contributed by atoms with Crippen molar-refractivity contribution < 1.29 is 9.59 Å². The Morgan fingerprint density at radius 3 is 2.30 bits per heavy atom. The van der Waals surface area contributed by atoms with E-state index in [1.165, 1.54) is 6.33 Å². The average Bonchev–Trinajstić information content (AvgIpc) is 3.23. The molecule has 1 spiro atoms. The van der Waals surface area contributed by atoms with E-state index in [1.54, 1.807) is 12.4 Å². The summed E-state index contributed by atoms with van der Waals surface area (Å²) in [5, 5.41) is 0. The highest BCUT2D eigenvalue weighted by molar-refractivity contribution is 5.93. The Morgan fingerprint density at radius 2 is 1.56 bits per heavy atom. The van der Waals surface area contributed by atoms with E-state index >= 15 is 0 Å². The van der Waals surface area contributed by atoms with Gasteiger partial charge in [-0.3, -0.25) is 14.5 Å². The van der Waals surface area contributed by atoms with Gasteiger partial charge in [-0.25, -0.2) is 9.97 Å². The summed E-state index contributed by atoms with van der Waals surface area (Å²) in [6.07, 6.45) is 11.3. The molecule has 0 bridgehead atoms. The highest BCUT2D eigenvalue weighted by Crippen LogP contribution is 2.38. The monoisotopic (exact) mass is 371 g/mol. The molecule has 146 valence electrons. The number of carbonyl (C=O) groups excluding carboxylic acids is 2. The SMILES string of the molecule is O=C(CN1CCCC2(CCCN(C(=O)c3cncnc3)C2)C1)N1CCCC1. The second-order valence-electron chi connectivity index (χ2n) is 8.36. The van der Waals surface area contributed by atoms with Gasteiger partial charge >= 0.3 is 0 Å². The lowest BCUT2D eigenvalue weighted by atomic mass is 9.73. The molecule has 1 aromatic heterocycles. The van der Waals surface area contributed by atoms with Crippen LogP contribution >= 0.6 is 0 Å². The van der Waals surface area contributed by atoms with E-state index < -0.39 is 0 Å². The minimum absolute atomic E-state index is 0.0277. The van der Waals surface area contributed by atoms with Gasteiger partial charge in [0.1, 0.15) is 6.33 Å². The van der Waals surface area contributed by atoms with E-state index in [-0.39, 0.29) is 17.2 Å². The van der Waals surface area contributed by atoms with Gasteiger partial charge < -0.3 is 9.80 Å². The van der Waals surface area contributed by atoms with Crippen molar-refractivity contribution in [3.63, 3.8) is 0 Å². The van der Waals surface area contributed by atoms with Crippen LogP contribution in [0.1, 0.15) is 48.9 Å². The summed E-state index contributed by atoms with van der Waals surface area (Å²) in [6, 6.07) is 0. The maximum Gasteiger partial charge on any atom is 0.257 e. The van der Waals surface area contributed by atoms with Gasteiger partial charge in [0, 0.05) is 50.5 Å². The van der Waals surface area contributed by atoms with Gasteiger partial charge in [0.05, 0.1) is 12.1 Å². The molecule has 4 rings (SSSR count). The number of hydrogen-bond donors (Lipinski definition) is 0. The van der Waals surface area contributed by atoms with Gasteiger partial charge in [-0.2, -0.15) is 0 Å². The first-order valence-electron chi connectivity index (χ1n) is 10.2. The number of aromatic nitrogens is 2. The Morgan fingerprint density at radius 1 is 0.889 bits per heavy atom. The lowest BCUT2D eigenvalue weighted by Gasteiger charge is -2.48. The number of nitrogens with zero attached hydrogens (tertiary/aromatic N) is 5. The topological polar surface area (TPSA) is 69.6 Å². The van der Waals surface area contributed by atoms with Crippen LogP contribution in [0.4, 0.5) is 0 Å². The summed E-state index contributed by atoms with van der Waals surface area (Å²) < 4.78 is 0. The normalized spacial score (nSPS) is 26.5. The second-order valence-corrected chi connectivity index (χ2v) is 8.36. The average molecular weight is 371 g/mol. The third kappa shape index (κ3) is 4.13. The van der Waals surface area contributed by atoms with Crippen molar-refractivity contribution in [2.24, 2.45) is 5.41 Å². The van der Waals surface area contributed by atoms with E-state index in [0.29, 0.717) is 12.1 Å². The zero-order valence-corrected chi connectivity index (χ0v) is 16.0. The predicted molar refractivity (Wildman–Crippen MR) is 101 cm³/mol. The first-order chi connectivity index (χ1) is 13.2. The molecule has 2 amide bonds. The number of carbonyl (C=O) groups is 2. The number of amides is 2. The van der Waals surface area contributed by atoms with Crippen molar-refractivity contribution in [2.75, 3.05) is 45.8 Å². The first kappa shape index (κ1) is 18.3. The molecule has 1 unspecified atom stereocenters. The van der Waals surface area contributed by atoms with E-state index in [9.17, 15) is 9.59 Å². The molecule has 27 heavy (non-hydrogen) atoms. The molecule has 4 heterocycles. The Kier molecular flexibility index (Phi) is 5.38. The molecule has 0 aromatic carbocycles. The van der Waals surface area contributed by atoms with Crippen LogP contribution in [0, 0.1) is 5.41 Å². The lowest BCUT2D eigenvalue weighted by molar-refractivity contribution is -0.132. The van der Waals surface area contributed by atoms with Crippen LogP contribution in [-0.4, -0.2) is 82.3 Å². The van der Waals surface area contributed by atoms with E-state index in [0.717, 1.165) is 77.8 Å². The van der Waals surface area contributed by atoms with Crippen molar-refractivity contribution in [3.05, 3.63) is 24.3 Å². The summed E-state index contributed by atoms with van der Waals surface area (Å²) >= 11 is 0. The summed E-state index contributed by atoms with van der Waals surface area (Å²) in [4.78, 5) is 39.6. The Bertz CT molecular complexity index is 672. The molecule has 3 aliphatic heterocycles. The van der Waals surface area contributed by atoms with Gasteiger partial charge in [-0.1, -0.05) is 0 Å². The maximum atomic E-state index is 12.8. The number of rotatable bonds is 3. The van der Waals surface area contributed by atoms with E-state index in [2.05, 4.69) is 14.9 Å². The van der Waals surface area contributed by atoms with Crippen LogP contribution in [0.5, 0.6) is 0 Å². The summed E-state index contributed by atoms with van der Waals surface area (Å²) in [5.74, 6) is 0.301. The van der Waals surface area contributed by atoms with Crippen LogP contribution < -0.4 is 0 Å². The molecule has 0 saturated carbocycles. The molecule has 3 saturated heterocycles. The molecule has 0 aliphatic carbocycles. The first-order valence-corrected chi connectivity index (χ1v) is 10.2. The highest BCUT2D eigenvalue weighted by Gasteiger charge is 2.41. The van der Waals surface area contributed by atoms with Crippen LogP contribution in [0.3, 0.4) is 0 Å². The third-order valence-corrected chi connectivity index (χ3v) is 6.31. The molecule has 7 nitrogen and oxygen atoms in total. The maximum absolute atomic E-state index is 12.8. The highest BCUT2D eigenvalue weighted by atomic mass is 16.2. The second kappa shape index (κ2) is 7.92. The third-order valence-electron chi connectivity index (χ3n) is 6.31.